The molecule has 6 heteroatoms. The summed E-state index contributed by atoms with van der Waals surface area (Å²) in [6, 6.07) is 17.8. The number of aliphatic hydroxyl groups excluding tert-OH is 1. The molecule has 154 valence electrons. The van der Waals surface area contributed by atoms with Gasteiger partial charge in [0, 0.05) is 38.0 Å². The summed E-state index contributed by atoms with van der Waals surface area (Å²) < 4.78 is 5.84. The van der Waals surface area contributed by atoms with E-state index in [1.807, 2.05) is 51.4 Å². The van der Waals surface area contributed by atoms with E-state index in [2.05, 4.69) is 28.4 Å². The molecule has 1 unspecified atom stereocenters. The molecule has 1 heterocycles. The van der Waals surface area contributed by atoms with Crippen molar-refractivity contribution in [3.05, 3.63) is 59.9 Å². The number of amides is 1. The lowest BCUT2D eigenvalue weighted by molar-refractivity contribution is -0.117. The number of nitriles is 1. The van der Waals surface area contributed by atoms with Crippen molar-refractivity contribution in [1.29, 1.82) is 5.26 Å². The van der Waals surface area contributed by atoms with Gasteiger partial charge in [0.15, 0.2) is 0 Å². The van der Waals surface area contributed by atoms with Crippen molar-refractivity contribution in [2.45, 2.75) is 19.4 Å². The number of carbonyl (C=O) groups is 1. The summed E-state index contributed by atoms with van der Waals surface area (Å²) in [5.74, 6) is 0.528. The second kappa shape index (κ2) is 9.29. The third kappa shape index (κ3) is 4.88. The van der Waals surface area contributed by atoms with Gasteiger partial charge in [-0.15, -0.1) is 0 Å². The van der Waals surface area contributed by atoms with E-state index in [0.717, 1.165) is 22.0 Å². The maximum absolute atomic E-state index is 12.1. The summed E-state index contributed by atoms with van der Waals surface area (Å²) in [4.78, 5) is 14.2. The zero-order valence-corrected chi connectivity index (χ0v) is 17.3. The molecule has 0 aliphatic carbocycles. The molecule has 0 saturated heterocycles. The van der Waals surface area contributed by atoms with Gasteiger partial charge in [0.25, 0.3) is 5.91 Å². The van der Waals surface area contributed by atoms with E-state index >= 15 is 0 Å². The van der Waals surface area contributed by atoms with Gasteiger partial charge in [-0.05, 0) is 47.5 Å². The fraction of sp³-hybridized carbons (Fsp3) is 0.250. The Hall–Kier alpha value is -3.56. The van der Waals surface area contributed by atoms with E-state index < -0.39 is 12.0 Å². The first kappa shape index (κ1) is 21.2. The Morgan fingerprint density at radius 2 is 1.93 bits per heavy atom. The maximum Gasteiger partial charge on any atom is 0.262 e. The molecule has 3 rings (SSSR count). The normalized spacial score (nSPS) is 12.4. The summed E-state index contributed by atoms with van der Waals surface area (Å²) in [5.41, 5.74) is 1.97. The van der Waals surface area contributed by atoms with Gasteiger partial charge in [-0.2, -0.15) is 5.26 Å². The van der Waals surface area contributed by atoms with Crippen LogP contribution in [0, 0.1) is 11.3 Å². The smallest absolute Gasteiger partial charge is 0.262 e. The van der Waals surface area contributed by atoms with Gasteiger partial charge in [-0.3, -0.25) is 4.79 Å². The molecule has 30 heavy (non-hydrogen) atoms. The second-order valence-electron chi connectivity index (χ2n) is 7.28. The number of rotatable bonds is 7. The Morgan fingerprint density at radius 1 is 1.20 bits per heavy atom. The Balaban J connectivity index is 1.81. The molecule has 0 saturated carbocycles. The minimum absolute atomic E-state index is 0.0751. The number of benzene rings is 2. The molecule has 0 aliphatic rings. The van der Waals surface area contributed by atoms with E-state index in [0.29, 0.717) is 17.9 Å². The van der Waals surface area contributed by atoms with E-state index in [-0.39, 0.29) is 12.1 Å². The van der Waals surface area contributed by atoms with Crippen LogP contribution >= 0.6 is 0 Å². The van der Waals surface area contributed by atoms with Crippen LogP contribution in [0.2, 0.25) is 0 Å². The van der Waals surface area contributed by atoms with Crippen LogP contribution in [-0.2, 0) is 4.79 Å². The molecule has 0 bridgehead atoms. The fourth-order valence-electron chi connectivity index (χ4n) is 2.99. The molecule has 1 atom stereocenters. The van der Waals surface area contributed by atoms with Gasteiger partial charge in [0.05, 0.1) is 6.10 Å². The summed E-state index contributed by atoms with van der Waals surface area (Å²) in [5, 5.41) is 23.6. The van der Waals surface area contributed by atoms with E-state index in [1.165, 1.54) is 6.08 Å². The highest BCUT2D eigenvalue weighted by Crippen LogP contribution is 2.28. The predicted molar refractivity (Wildman–Crippen MR) is 119 cm³/mol. The van der Waals surface area contributed by atoms with Crippen LogP contribution in [0.5, 0.6) is 0 Å². The van der Waals surface area contributed by atoms with Crippen LogP contribution < -0.4 is 10.2 Å². The first-order chi connectivity index (χ1) is 14.4. The van der Waals surface area contributed by atoms with Crippen molar-refractivity contribution in [2.24, 2.45) is 0 Å². The van der Waals surface area contributed by atoms with Crippen LogP contribution in [0.1, 0.15) is 19.1 Å². The van der Waals surface area contributed by atoms with Crippen LogP contribution in [0.25, 0.3) is 28.2 Å². The lowest BCUT2D eigenvalue weighted by atomic mass is 10.0. The highest BCUT2D eigenvalue weighted by atomic mass is 16.3. The number of carbonyl (C=O) groups excluding carboxylic acids is 1. The first-order valence-corrected chi connectivity index (χ1v) is 9.80. The molecule has 1 aromatic heterocycles. The Kier molecular flexibility index (Phi) is 6.55. The van der Waals surface area contributed by atoms with Crippen molar-refractivity contribution >= 4 is 28.4 Å². The van der Waals surface area contributed by atoms with Gasteiger partial charge < -0.3 is 19.7 Å². The van der Waals surface area contributed by atoms with Gasteiger partial charge in [0.1, 0.15) is 23.2 Å². The first-order valence-electron chi connectivity index (χ1n) is 9.80. The zero-order chi connectivity index (χ0) is 21.7. The number of aliphatic hydroxyl groups is 1. The third-order valence-electron chi connectivity index (χ3n) is 4.87. The molecule has 2 aromatic carbocycles. The third-order valence-corrected chi connectivity index (χ3v) is 4.87. The number of hydrogen-bond donors (Lipinski definition) is 2. The monoisotopic (exact) mass is 403 g/mol. The summed E-state index contributed by atoms with van der Waals surface area (Å²) in [6.45, 7) is 1.92. The Labute approximate surface area is 176 Å². The van der Waals surface area contributed by atoms with Crippen molar-refractivity contribution in [3.63, 3.8) is 0 Å². The van der Waals surface area contributed by atoms with Crippen LogP contribution in [0.3, 0.4) is 0 Å². The highest BCUT2D eigenvalue weighted by Gasteiger charge is 2.12. The molecule has 6 nitrogen and oxygen atoms in total. The molecular formula is C24H25N3O3. The molecule has 0 fully saturated rings. The summed E-state index contributed by atoms with van der Waals surface area (Å²) in [6.07, 6.45) is 1.29. The van der Waals surface area contributed by atoms with E-state index in [9.17, 15) is 15.2 Å². The average Bonchev–Trinajstić information content (AvgIpc) is 3.23. The van der Waals surface area contributed by atoms with Gasteiger partial charge >= 0.3 is 0 Å². The summed E-state index contributed by atoms with van der Waals surface area (Å²) in [7, 11) is 4.02. The van der Waals surface area contributed by atoms with Crippen molar-refractivity contribution < 1.29 is 14.3 Å². The quantitative estimate of drug-likeness (QED) is 0.460. The van der Waals surface area contributed by atoms with Gasteiger partial charge in [-0.25, -0.2) is 0 Å². The number of nitrogens with one attached hydrogen (secondary N) is 1. The SMILES string of the molecule is CCC(O)CNC(=O)/C(C#N)=C/c1ccc(-c2ccc3cc(N(C)C)ccc3c2)o1. The lowest BCUT2D eigenvalue weighted by Crippen LogP contribution is -2.32. The molecular weight excluding hydrogens is 378 g/mol. The molecule has 0 spiro atoms. The van der Waals surface area contributed by atoms with Crippen molar-refractivity contribution in [1.82, 2.24) is 5.32 Å². The Morgan fingerprint density at radius 3 is 2.63 bits per heavy atom. The van der Waals surface area contributed by atoms with E-state index in [4.69, 9.17) is 4.42 Å². The zero-order valence-electron chi connectivity index (χ0n) is 17.3. The molecule has 0 aliphatic heterocycles. The molecule has 3 aromatic rings. The predicted octanol–water partition coefficient (Wildman–Crippen LogP) is 3.96. The number of furan rings is 1. The lowest BCUT2D eigenvalue weighted by Gasteiger charge is -2.13. The van der Waals surface area contributed by atoms with Gasteiger partial charge in [-0.1, -0.05) is 25.1 Å². The molecule has 1 amide bonds. The minimum atomic E-state index is -0.634. The summed E-state index contributed by atoms with van der Waals surface area (Å²) >= 11 is 0. The number of hydrogen-bond acceptors (Lipinski definition) is 5. The topological polar surface area (TPSA) is 89.5 Å². The van der Waals surface area contributed by atoms with Crippen molar-refractivity contribution in [3.8, 4) is 17.4 Å². The second-order valence-corrected chi connectivity index (χ2v) is 7.28. The standard InChI is InChI=1S/C24H25N3O3/c1-4-21(28)15-26-24(29)19(14-25)13-22-9-10-23(30-22)18-6-5-17-12-20(27(2)3)8-7-16(17)11-18/h5-13,21,28H,4,15H2,1-3H3,(H,26,29)/b19-13+. The largest absolute Gasteiger partial charge is 0.457 e. The molecule has 2 N–H and O–H groups in total. The van der Waals surface area contributed by atoms with Gasteiger partial charge in [0.2, 0.25) is 0 Å². The molecule has 0 radical (unpaired) electrons. The number of nitrogens with zero attached hydrogens (tertiary/aromatic N) is 2. The average molecular weight is 403 g/mol. The minimum Gasteiger partial charge on any atom is -0.457 e. The Bertz CT molecular complexity index is 1120. The number of fused-ring (bicyclic) bond motifs is 1. The highest BCUT2D eigenvalue weighted by molar-refractivity contribution is 6.01. The fourth-order valence-corrected chi connectivity index (χ4v) is 2.99. The van der Waals surface area contributed by atoms with Crippen molar-refractivity contribution in [2.75, 3.05) is 25.5 Å². The van der Waals surface area contributed by atoms with E-state index in [1.54, 1.807) is 6.07 Å². The maximum atomic E-state index is 12.1. The van der Waals surface area contributed by atoms with Crippen LogP contribution in [-0.4, -0.2) is 37.8 Å². The number of anilines is 1. The van der Waals surface area contributed by atoms with Crippen LogP contribution in [0.4, 0.5) is 5.69 Å². The van der Waals surface area contributed by atoms with Crippen LogP contribution in [0.15, 0.2) is 58.5 Å².